The van der Waals surface area contributed by atoms with Crippen LogP contribution in [0.2, 0.25) is 5.02 Å². The van der Waals surface area contributed by atoms with Gasteiger partial charge in [0.15, 0.2) is 0 Å². The van der Waals surface area contributed by atoms with Gasteiger partial charge in [-0.05, 0) is 50.1 Å². The van der Waals surface area contributed by atoms with Crippen molar-refractivity contribution in [3.8, 4) is 0 Å². The molecule has 0 aliphatic rings. The zero-order chi connectivity index (χ0) is 17.9. The van der Waals surface area contributed by atoms with Crippen molar-refractivity contribution >= 4 is 28.3 Å². The highest BCUT2D eigenvalue weighted by molar-refractivity contribution is 7.84. The van der Waals surface area contributed by atoms with E-state index in [9.17, 15) is 4.21 Å². The maximum Gasteiger partial charge on any atom is 0.0979 e. The van der Waals surface area contributed by atoms with E-state index in [-0.39, 0.29) is 10.8 Å². The standard InChI is InChI=1S/C19H25ClN2OS/c1-19(2,3)24(23)21-18(14-9-7-6-8-10-14)16-13-15(20)11-12-17(16)22(4)5/h6-13,18,21H,1-5H3/t18-,24-/m1/s1. The molecular formula is C19H25ClN2OS. The largest absolute Gasteiger partial charge is 0.377 e. The minimum atomic E-state index is -1.21. The van der Waals surface area contributed by atoms with Crippen LogP contribution in [-0.2, 0) is 11.0 Å². The van der Waals surface area contributed by atoms with Crippen LogP contribution in [0.4, 0.5) is 5.69 Å². The van der Waals surface area contributed by atoms with Crippen molar-refractivity contribution < 1.29 is 4.21 Å². The second-order valence-electron chi connectivity index (χ2n) is 6.94. The Balaban J connectivity index is 2.55. The zero-order valence-corrected chi connectivity index (χ0v) is 16.4. The van der Waals surface area contributed by atoms with E-state index in [1.165, 1.54) is 0 Å². The highest BCUT2D eigenvalue weighted by atomic mass is 35.5. The number of rotatable bonds is 5. The molecule has 3 nitrogen and oxygen atoms in total. The van der Waals surface area contributed by atoms with Crippen molar-refractivity contribution in [2.45, 2.75) is 31.6 Å². The molecule has 2 atom stereocenters. The van der Waals surface area contributed by atoms with E-state index in [0.717, 1.165) is 16.8 Å². The Kier molecular flexibility index (Phi) is 6.07. The molecule has 0 aliphatic carbocycles. The smallest absolute Gasteiger partial charge is 0.0979 e. The van der Waals surface area contributed by atoms with Gasteiger partial charge in [-0.15, -0.1) is 0 Å². The molecule has 0 saturated heterocycles. The number of benzene rings is 2. The van der Waals surface area contributed by atoms with Crippen molar-refractivity contribution in [3.63, 3.8) is 0 Å². The number of hydrogen-bond donors (Lipinski definition) is 1. The Morgan fingerprint density at radius 2 is 1.71 bits per heavy atom. The maximum absolute atomic E-state index is 12.7. The monoisotopic (exact) mass is 364 g/mol. The Hall–Kier alpha value is -1.36. The number of nitrogens with zero attached hydrogens (tertiary/aromatic N) is 1. The van der Waals surface area contributed by atoms with Crippen LogP contribution in [0.25, 0.3) is 0 Å². The van der Waals surface area contributed by atoms with E-state index in [1.54, 1.807) is 0 Å². The van der Waals surface area contributed by atoms with Gasteiger partial charge in [0.2, 0.25) is 0 Å². The van der Waals surface area contributed by atoms with E-state index in [0.29, 0.717) is 5.02 Å². The van der Waals surface area contributed by atoms with Gasteiger partial charge in [0, 0.05) is 24.8 Å². The number of hydrogen-bond acceptors (Lipinski definition) is 2. The average molecular weight is 365 g/mol. The number of nitrogens with one attached hydrogen (secondary N) is 1. The van der Waals surface area contributed by atoms with Gasteiger partial charge in [-0.2, -0.15) is 0 Å². The minimum Gasteiger partial charge on any atom is -0.377 e. The summed E-state index contributed by atoms with van der Waals surface area (Å²) in [4.78, 5) is 2.04. The van der Waals surface area contributed by atoms with Crippen LogP contribution in [0.3, 0.4) is 0 Å². The highest BCUT2D eigenvalue weighted by Gasteiger charge is 2.26. The summed E-state index contributed by atoms with van der Waals surface area (Å²) < 4.78 is 15.7. The number of halogens is 1. The Labute approximate surface area is 152 Å². The van der Waals surface area contributed by atoms with Gasteiger partial charge in [0.05, 0.1) is 21.8 Å². The zero-order valence-electron chi connectivity index (χ0n) is 14.8. The summed E-state index contributed by atoms with van der Waals surface area (Å²) in [5.41, 5.74) is 3.11. The first-order valence-corrected chi connectivity index (χ1v) is 9.42. The summed E-state index contributed by atoms with van der Waals surface area (Å²) in [7, 11) is 2.78. The molecular weight excluding hydrogens is 340 g/mol. The van der Waals surface area contributed by atoms with Gasteiger partial charge >= 0.3 is 0 Å². The van der Waals surface area contributed by atoms with Crippen LogP contribution >= 0.6 is 11.6 Å². The summed E-state index contributed by atoms with van der Waals surface area (Å²) >= 11 is 6.26. The van der Waals surface area contributed by atoms with E-state index in [4.69, 9.17) is 11.6 Å². The number of anilines is 1. The van der Waals surface area contributed by atoms with Crippen LogP contribution in [0.15, 0.2) is 48.5 Å². The van der Waals surface area contributed by atoms with Crippen LogP contribution in [0.1, 0.15) is 37.9 Å². The molecule has 0 aromatic heterocycles. The third kappa shape index (κ3) is 4.59. The lowest BCUT2D eigenvalue weighted by Crippen LogP contribution is -2.36. The molecule has 130 valence electrons. The van der Waals surface area contributed by atoms with Crippen LogP contribution in [0, 0.1) is 0 Å². The first-order chi connectivity index (χ1) is 11.2. The molecule has 2 rings (SSSR count). The van der Waals surface area contributed by atoms with Gasteiger partial charge in [0.1, 0.15) is 0 Å². The lowest BCUT2D eigenvalue weighted by atomic mass is 9.97. The topological polar surface area (TPSA) is 32.3 Å². The van der Waals surface area contributed by atoms with Crippen LogP contribution in [-0.4, -0.2) is 23.1 Å². The summed E-state index contributed by atoms with van der Waals surface area (Å²) in [5, 5.41) is 0.667. The van der Waals surface area contributed by atoms with Crippen LogP contribution in [0.5, 0.6) is 0 Å². The van der Waals surface area contributed by atoms with E-state index < -0.39 is 11.0 Å². The maximum atomic E-state index is 12.7. The highest BCUT2D eigenvalue weighted by Crippen LogP contribution is 2.33. The fourth-order valence-corrected chi connectivity index (χ4v) is 3.42. The van der Waals surface area contributed by atoms with Crippen molar-refractivity contribution in [2.75, 3.05) is 19.0 Å². The van der Waals surface area contributed by atoms with Crippen LogP contribution < -0.4 is 9.62 Å². The molecule has 2 aromatic carbocycles. The fraction of sp³-hybridized carbons (Fsp3) is 0.368. The fourth-order valence-electron chi connectivity index (χ4n) is 2.40. The first-order valence-electron chi connectivity index (χ1n) is 7.90. The van der Waals surface area contributed by atoms with Gasteiger partial charge in [-0.3, -0.25) is 0 Å². The molecule has 0 heterocycles. The van der Waals surface area contributed by atoms with Gasteiger partial charge < -0.3 is 4.90 Å². The van der Waals surface area contributed by atoms with Crippen molar-refractivity contribution in [3.05, 3.63) is 64.7 Å². The summed E-state index contributed by atoms with van der Waals surface area (Å²) in [5.74, 6) is 0. The SMILES string of the molecule is CN(C)c1ccc(Cl)cc1[C@H](N[S@](=O)C(C)(C)C)c1ccccc1. The van der Waals surface area contributed by atoms with Crippen molar-refractivity contribution in [2.24, 2.45) is 0 Å². The predicted molar refractivity (Wildman–Crippen MR) is 105 cm³/mol. The van der Waals surface area contributed by atoms with Gasteiger partial charge in [0.25, 0.3) is 0 Å². The predicted octanol–water partition coefficient (Wildman–Crippen LogP) is 4.55. The molecule has 0 unspecified atom stereocenters. The lowest BCUT2D eigenvalue weighted by molar-refractivity contribution is 0.623. The summed E-state index contributed by atoms with van der Waals surface area (Å²) in [6, 6.07) is 15.7. The second kappa shape index (κ2) is 7.68. The third-order valence-corrected chi connectivity index (χ3v) is 5.49. The Morgan fingerprint density at radius 1 is 1.08 bits per heavy atom. The third-order valence-electron chi connectivity index (χ3n) is 3.70. The molecule has 0 saturated carbocycles. The minimum absolute atomic E-state index is 0.206. The molecule has 5 heteroatoms. The molecule has 24 heavy (non-hydrogen) atoms. The van der Waals surface area contributed by atoms with Crippen molar-refractivity contribution in [1.29, 1.82) is 0 Å². The summed E-state index contributed by atoms with van der Waals surface area (Å²) in [6.45, 7) is 5.88. The molecule has 0 spiro atoms. The molecule has 1 N–H and O–H groups in total. The van der Waals surface area contributed by atoms with Gasteiger partial charge in [-0.1, -0.05) is 41.9 Å². The quantitative estimate of drug-likeness (QED) is 0.844. The Morgan fingerprint density at radius 3 is 2.25 bits per heavy atom. The van der Waals surface area contributed by atoms with E-state index in [1.807, 2.05) is 88.3 Å². The lowest BCUT2D eigenvalue weighted by Gasteiger charge is -2.28. The second-order valence-corrected chi connectivity index (χ2v) is 9.37. The normalized spacial score (nSPS) is 14.2. The molecule has 0 aliphatic heterocycles. The Bertz CT molecular complexity index is 711. The molecule has 0 radical (unpaired) electrons. The average Bonchev–Trinajstić information content (AvgIpc) is 2.51. The van der Waals surface area contributed by atoms with E-state index >= 15 is 0 Å². The summed E-state index contributed by atoms with van der Waals surface area (Å²) in [6.07, 6.45) is 0. The first kappa shape index (κ1) is 19.0. The molecule has 0 bridgehead atoms. The van der Waals surface area contributed by atoms with Gasteiger partial charge in [-0.25, -0.2) is 8.93 Å². The molecule has 0 fully saturated rings. The van der Waals surface area contributed by atoms with E-state index in [2.05, 4.69) is 4.72 Å². The molecule has 2 aromatic rings. The van der Waals surface area contributed by atoms with Crippen molar-refractivity contribution in [1.82, 2.24) is 4.72 Å². The molecule has 0 amide bonds.